The molecule has 1 rings (SSSR count). The molecular formula is C9H11NO2. The SMILES string of the molecule is NCCC(=O)Oc1ccccc1. The first-order valence-electron chi connectivity index (χ1n) is 3.78. The second-order valence-corrected chi connectivity index (χ2v) is 2.33. The summed E-state index contributed by atoms with van der Waals surface area (Å²) in [5.41, 5.74) is 5.18. The van der Waals surface area contributed by atoms with E-state index < -0.39 is 0 Å². The van der Waals surface area contributed by atoms with Crippen LogP contribution in [-0.2, 0) is 4.79 Å². The first-order chi connectivity index (χ1) is 5.83. The lowest BCUT2D eigenvalue weighted by Crippen LogP contribution is -2.13. The zero-order chi connectivity index (χ0) is 8.81. The van der Waals surface area contributed by atoms with E-state index in [1.807, 2.05) is 18.2 Å². The van der Waals surface area contributed by atoms with E-state index in [1.54, 1.807) is 12.1 Å². The Morgan fingerprint density at radius 2 is 2.00 bits per heavy atom. The van der Waals surface area contributed by atoms with E-state index in [4.69, 9.17) is 10.5 Å². The van der Waals surface area contributed by atoms with Crippen LogP contribution in [0.25, 0.3) is 0 Å². The van der Waals surface area contributed by atoms with Gasteiger partial charge < -0.3 is 10.5 Å². The number of para-hydroxylation sites is 1. The number of carbonyl (C=O) groups excluding carboxylic acids is 1. The minimum absolute atomic E-state index is 0.259. The van der Waals surface area contributed by atoms with Gasteiger partial charge in [-0.2, -0.15) is 0 Å². The molecule has 0 amide bonds. The molecule has 0 atom stereocenters. The summed E-state index contributed by atoms with van der Waals surface area (Å²) in [6.45, 7) is 0.325. The largest absolute Gasteiger partial charge is 0.426 e. The van der Waals surface area contributed by atoms with Crippen molar-refractivity contribution in [1.29, 1.82) is 0 Å². The predicted molar refractivity (Wildman–Crippen MR) is 45.7 cm³/mol. The maximum absolute atomic E-state index is 10.9. The minimum atomic E-state index is -0.288. The second-order valence-electron chi connectivity index (χ2n) is 2.33. The van der Waals surface area contributed by atoms with Gasteiger partial charge in [0.15, 0.2) is 0 Å². The van der Waals surface area contributed by atoms with E-state index in [9.17, 15) is 4.79 Å². The Kier molecular flexibility index (Phi) is 3.29. The Morgan fingerprint density at radius 3 is 2.58 bits per heavy atom. The summed E-state index contributed by atoms with van der Waals surface area (Å²) < 4.78 is 4.94. The van der Waals surface area contributed by atoms with Gasteiger partial charge in [0.2, 0.25) is 0 Å². The monoisotopic (exact) mass is 165 g/mol. The molecule has 0 aromatic heterocycles. The molecule has 3 heteroatoms. The van der Waals surface area contributed by atoms with E-state index in [-0.39, 0.29) is 12.4 Å². The molecule has 0 radical (unpaired) electrons. The Bertz CT molecular complexity index is 246. The molecule has 0 aliphatic rings. The van der Waals surface area contributed by atoms with Crippen LogP contribution in [0.3, 0.4) is 0 Å². The maximum atomic E-state index is 10.9. The number of ether oxygens (including phenoxy) is 1. The van der Waals surface area contributed by atoms with E-state index in [1.165, 1.54) is 0 Å². The highest BCUT2D eigenvalue weighted by Crippen LogP contribution is 2.08. The van der Waals surface area contributed by atoms with Crippen LogP contribution in [0.2, 0.25) is 0 Å². The molecule has 0 unspecified atom stereocenters. The lowest BCUT2D eigenvalue weighted by molar-refractivity contribution is -0.134. The van der Waals surface area contributed by atoms with Crippen LogP contribution < -0.4 is 10.5 Å². The summed E-state index contributed by atoms with van der Waals surface area (Å²) in [7, 11) is 0. The third kappa shape index (κ3) is 2.72. The first kappa shape index (κ1) is 8.74. The molecule has 0 saturated heterocycles. The van der Waals surface area contributed by atoms with Crippen LogP contribution in [0.4, 0.5) is 0 Å². The molecule has 1 aromatic rings. The second kappa shape index (κ2) is 4.51. The van der Waals surface area contributed by atoms with Crippen molar-refractivity contribution < 1.29 is 9.53 Å². The predicted octanol–water partition coefficient (Wildman–Crippen LogP) is 0.941. The number of rotatable bonds is 3. The maximum Gasteiger partial charge on any atom is 0.312 e. The molecule has 0 aliphatic heterocycles. The smallest absolute Gasteiger partial charge is 0.312 e. The zero-order valence-corrected chi connectivity index (χ0v) is 6.69. The zero-order valence-electron chi connectivity index (χ0n) is 6.69. The molecule has 2 N–H and O–H groups in total. The van der Waals surface area contributed by atoms with Crippen LogP contribution in [0.15, 0.2) is 30.3 Å². The number of nitrogens with two attached hydrogens (primary N) is 1. The molecule has 0 aliphatic carbocycles. The molecule has 0 saturated carbocycles. The van der Waals surface area contributed by atoms with Gasteiger partial charge in [-0.05, 0) is 12.1 Å². The van der Waals surface area contributed by atoms with Gasteiger partial charge in [-0.1, -0.05) is 18.2 Å². The van der Waals surface area contributed by atoms with Crippen molar-refractivity contribution in [2.75, 3.05) is 6.54 Å². The van der Waals surface area contributed by atoms with Gasteiger partial charge in [0, 0.05) is 6.54 Å². The molecule has 3 nitrogen and oxygen atoms in total. The van der Waals surface area contributed by atoms with Gasteiger partial charge in [-0.15, -0.1) is 0 Å². The molecular weight excluding hydrogens is 154 g/mol. The lowest BCUT2D eigenvalue weighted by atomic mass is 10.3. The van der Waals surface area contributed by atoms with Gasteiger partial charge in [0.1, 0.15) is 5.75 Å². The van der Waals surface area contributed by atoms with Crippen LogP contribution in [0.1, 0.15) is 6.42 Å². The Morgan fingerprint density at radius 1 is 1.33 bits per heavy atom. The van der Waals surface area contributed by atoms with E-state index in [2.05, 4.69) is 0 Å². The third-order valence-electron chi connectivity index (χ3n) is 1.32. The lowest BCUT2D eigenvalue weighted by Gasteiger charge is -2.01. The number of hydrogen-bond acceptors (Lipinski definition) is 3. The summed E-state index contributed by atoms with van der Waals surface area (Å²) >= 11 is 0. The molecule has 0 bridgehead atoms. The number of esters is 1. The summed E-state index contributed by atoms with van der Waals surface area (Å²) in [5.74, 6) is 0.277. The highest BCUT2D eigenvalue weighted by Gasteiger charge is 2.01. The topological polar surface area (TPSA) is 52.3 Å². The van der Waals surface area contributed by atoms with E-state index in [0.29, 0.717) is 12.3 Å². The average Bonchev–Trinajstić information content (AvgIpc) is 2.06. The standard InChI is InChI=1S/C9H11NO2/c10-7-6-9(11)12-8-4-2-1-3-5-8/h1-5H,6-7,10H2. The number of carbonyl (C=O) groups is 1. The summed E-state index contributed by atoms with van der Waals surface area (Å²) in [5, 5.41) is 0. The fourth-order valence-electron chi connectivity index (χ4n) is 0.789. The van der Waals surface area contributed by atoms with Crippen molar-refractivity contribution in [3.8, 4) is 5.75 Å². The van der Waals surface area contributed by atoms with Crippen LogP contribution in [0.5, 0.6) is 5.75 Å². The normalized spacial score (nSPS) is 9.42. The molecule has 0 spiro atoms. The van der Waals surface area contributed by atoms with Gasteiger partial charge in [0.05, 0.1) is 6.42 Å². The quantitative estimate of drug-likeness (QED) is 0.535. The van der Waals surface area contributed by atoms with Crippen molar-refractivity contribution in [3.63, 3.8) is 0 Å². The number of hydrogen-bond donors (Lipinski definition) is 1. The molecule has 12 heavy (non-hydrogen) atoms. The first-order valence-corrected chi connectivity index (χ1v) is 3.78. The minimum Gasteiger partial charge on any atom is -0.426 e. The summed E-state index contributed by atoms with van der Waals surface area (Å²) in [4.78, 5) is 10.9. The van der Waals surface area contributed by atoms with Gasteiger partial charge in [0.25, 0.3) is 0 Å². The van der Waals surface area contributed by atoms with Crippen molar-refractivity contribution in [2.24, 2.45) is 5.73 Å². The van der Waals surface area contributed by atoms with E-state index in [0.717, 1.165) is 0 Å². The van der Waals surface area contributed by atoms with Gasteiger partial charge >= 0.3 is 5.97 Å². The van der Waals surface area contributed by atoms with E-state index >= 15 is 0 Å². The average molecular weight is 165 g/mol. The Hall–Kier alpha value is -1.35. The van der Waals surface area contributed by atoms with Crippen molar-refractivity contribution >= 4 is 5.97 Å². The highest BCUT2D eigenvalue weighted by molar-refractivity contribution is 5.72. The Labute approximate surface area is 71.1 Å². The van der Waals surface area contributed by atoms with Crippen molar-refractivity contribution in [3.05, 3.63) is 30.3 Å². The fourth-order valence-corrected chi connectivity index (χ4v) is 0.789. The molecule has 0 heterocycles. The van der Waals surface area contributed by atoms with Gasteiger partial charge in [-0.25, -0.2) is 0 Å². The fraction of sp³-hybridized carbons (Fsp3) is 0.222. The molecule has 64 valence electrons. The Balaban J connectivity index is 2.47. The van der Waals surface area contributed by atoms with Gasteiger partial charge in [-0.3, -0.25) is 4.79 Å². The van der Waals surface area contributed by atoms with Crippen molar-refractivity contribution in [1.82, 2.24) is 0 Å². The summed E-state index contributed by atoms with van der Waals surface area (Å²) in [6, 6.07) is 8.94. The van der Waals surface area contributed by atoms with Crippen molar-refractivity contribution in [2.45, 2.75) is 6.42 Å². The molecule has 0 fully saturated rings. The third-order valence-corrected chi connectivity index (χ3v) is 1.32. The number of benzene rings is 1. The highest BCUT2D eigenvalue weighted by atomic mass is 16.5. The van der Waals surface area contributed by atoms with Crippen LogP contribution in [0, 0.1) is 0 Å². The van der Waals surface area contributed by atoms with Crippen LogP contribution in [-0.4, -0.2) is 12.5 Å². The molecule has 1 aromatic carbocycles. The summed E-state index contributed by atoms with van der Waals surface area (Å²) in [6.07, 6.45) is 0.259. The van der Waals surface area contributed by atoms with Crippen LogP contribution >= 0.6 is 0 Å².